The molecule has 0 radical (unpaired) electrons. The van der Waals surface area contributed by atoms with Crippen molar-refractivity contribution in [3.8, 4) is 0 Å². The fourth-order valence-electron chi connectivity index (χ4n) is 8.31. The van der Waals surface area contributed by atoms with E-state index in [1.165, 1.54) is 31.4 Å². The lowest BCUT2D eigenvalue weighted by Gasteiger charge is -2.65. The van der Waals surface area contributed by atoms with Crippen LogP contribution in [0.25, 0.3) is 0 Å². The van der Waals surface area contributed by atoms with Crippen LogP contribution >= 0.6 is 0 Å². The first-order chi connectivity index (χ1) is 16.0. The van der Waals surface area contributed by atoms with E-state index >= 15 is 0 Å². The topological polar surface area (TPSA) is 105 Å². The smallest absolute Gasteiger partial charge is 0.319 e. The molecule has 1 aromatic rings. The number of rotatable bonds is 4. The molecule has 6 rings (SSSR count). The molecule has 3 atom stereocenters. The van der Waals surface area contributed by atoms with Crippen LogP contribution in [0.5, 0.6) is 0 Å². The normalized spacial score (nSPS) is 36.3. The Balaban J connectivity index is 1.25. The number of likely N-dealkylation sites (tertiary alicyclic amines) is 1. The number of nitrogens with two attached hydrogens (primary N) is 1. The number of primary amides is 1. The van der Waals surface area contributed by atoms with Gasteiger partial charge in [-0.25, -0.2) is 9.18 Å². The number of benzene rings is 1. The SMILES string of the molecule is C[C@@]12CC3CC(NC(=O)Nc4ccc(C(=O)N5CCCC(C(N)=O)C5)cc4F)(C1)C[C@@](C)(C3)C2. The van der Waals surface area contributed by atoms with Gasteiger partial charge in [-0.15, -0.1) is 0 Å². The lowest BCUT2D eigenvalue weighted by Crippen LogP contribution is -2.65. The summed E-state index contributed by atoms with van der Waals surface area (Å²) in [6.07, 6.45) is 7.94. The largest absolute Gasteiger partial charge is 0.369 e. The number of amides is 4. The molecule has 0 aromatic heterocycles. The molecule has 34 heavy (non-hydrogen) atoms. The molecule has 4 N–H and O–H groups in total. The second kappa shape index (κ2) is 7.95. The maximum atomic E-state index is 14.9. The number of nitrogens with zero attached hydrogens (tertiary/aromatic N) is 1. The van der Waals surface area contributed by atoms with Gasteiger partial charge in [0.1, 0.15) is 5.82 Å². The van der Waals surface area contributed by atoms with Gasteiger partial charge in [0.2, 0.25) is 5.91 Å². The van der Waals surface area contributed by atoms with Crippen LogP contribution in [0.15, 0.2) is 18.2 Å². The summed E-state index contributed by atoms with van der Waals surface area (Å²) in [6.45, 7) is 5.44. The number of hydrogen-bond donors (Lipinski definition) is 3. The first kappa shape index (κ1) is 23.1. The van der Waals surface area contributed by atoms with Crippen molar-refractivity contribution in [2.24, 2.45) is 28.4 Å². The predicted octanol–water partition coefficient (Wildman–Crippen LogP) is 4.03. The third-order valence-corrected chi connectivity index (χ3v) is 8.58. The van der Waals surface area contributed by atoms with Crippen LogP contribution in [-0.4, -0.2) is 41.4 Å². The summed E-state index contributed by atoms with van der Waals surface area (Å²) in [5, 5.41) is 5.89. The van der Waals surface area contributed by atoms with Gasteiger partial charge < -0.3 is 21.3 Å². The summed E-state index contributed by atoms with van der Waals surface area (Å²) in [6, 6.07) is 3.70. The highest BCUT2D eigenvalue weighted by Crippen LogP contribution is 2.66. The van der Waals surface area contributed by atoms with Crippen LogP contribution in [-0.2, 0) is 4.79 Å². The molecule has 8 heteroatoms. The summed E-state index contributed by atoms with van der Waals surface area (Å²) in [4.78, 5) is 38.8. The molecule has 4 amide bonds. The Kier molecular flexibility index (Phi) is 5.41. The van der Waals surface area contributed by atoms with Gasteiger partial charge in [-0.3, -0.25) is 9.59 Å². The van der Waals surface area contributed by atoms with Gasteiger partial charge in [-0.05, 0) is 86.3 Å². The molecule has 1 aliphatic heterocycles. The minimum atomic E-state index is -0.658. The molecule has 4 aliphatic carbocycles. The van der Waals surface area contributed by atoms with Crippen LogP contribution < -0.4 is 16.4 Å². The number of carbonyl (C=O) groups excluding carboxylic acids is 3. The first-order valence-electron chi connectivity index (χ1n) is 12.4. The highest BCUT2D eigenvalue weighted by molar-refractivity contribution is 5.96. The van der Waals surface area contributed by atoms with Gasteiger partial charge in [0.25, 0.3) is 5.91 Å². The number of urea groups is 1. The van der Waals surface area contributed by atoms with Crippen molar-refractivity contribution in [1.29, 1.82) is 0 Å². The van der Waals surface area contributed by atoms with E-state index < -0.39 is 17.8 Å². The van der Waals surface area contributed by atoms with Gasteiger partial charge >= 0.3 is 6.03 Å². The maximum absolute atomic E-state index is 14.9. The van der Waals surface area contributed by atoms with Crippen molar-refractivity contribution in [2.75, 3.05) is 18.4 Å². The third kappa shape index (κ3) is 4.27. The minimum Gasteiger partial charge on any atom is -0.369 e. The van der Waals surface area contributed by atoms with Crippen molar-refractivity contribution >= 4 is 23.5 Å². The zero-order chi connectivity index (χ0) is 24.3. The molecule has 5 aliphatic rings. The summed E-state index contributed by atoms with van der Waals surface area (Å²) in [7, 11) is 0. The molecule has 4 saturated carbocycles. The molecule has 1 aromatic carbocycles. The van der Waals surface area contributed by atoms with E-state index in [0.29, 0.717) is 25.3 Å². The fourth-order valence-corrected chi connectivity index (χ4v) is 8.31. The van der Waals surface area contributed by atoms with Gasteiger partial charge in [0, 0.05) is 24.2 Å². The Morgan fingerprint density at radius 1 is 1.09 bits per heavy atom. The van der Waals surface area contributed by atoms with E-state index in [0.717, 1.165) is 25.3 Å². The highest BCUT2D eigenvalue weighted by Gasteiger charge is 2.60. The van der Waals surface area contributed by atoms with Crippen LogP contribution in [0.1, 0.15) is 75.6 Å². The van der Waals surface area contributed by atoms with E-state index in [4.69, 9.17) is 5.73 Å². The monoisotopic (exact) mass is 470 g/mol. The zero-order valence-electron chi connectivity index (χ0n) is 20.1. The van der Waals surface area contributed by atoms with E-state index in [-0.39, 0.29) is 46.0 Å². The van der Waals surface area contributed by atoms with Gasteiger partial charge in [-0.1, -0.05) is 13.8 Å². The first-order valence-corrected chi connectivity index (χ1v) is 12.4. The second-order valence-electron chi connectivity index (χ2n) is 12.2. The molecule has 7 nitrogen and oxygen atoms in total. The fraction of sp³-hybridized carbons (Fsp3) is 0.654. The number of hydrogen-bond acceptors (Lipinski definition) is 3. The van der Waals surface area contributed by atoms with Gasteiger partial charge in [0.05, 0.1) is 11.6 Å². The number of anilines is 1. The number of carbonyl (C=O) groups is 3. The Hall–Kier alpha value is -2.64. The van der Waals surface area contributed by atoms with Crippen molar-refractivity contribution in [1.82, 2.24) is 10.2 Å². The van der Waals surface area contributed by atoms with Crippen molar-refractivity contribution in [3.63, 3.8) is 0 Å². The molecule has 4 bridgehead atoms. The van der Waals surface area contributed by atoms with Crippen LogP contribution in [0.4, 0.5) is 14.9 Å². The Labute approximate surface area is 200 Å². The zero-order valence-corrected chi connectivity index (χ0v) is 20.1. The lowest BCUT2D eigenvalue weighted by molar-refractivity contribution is -0.123. The average molecular weight is 471 g/mol. The molecule has 1 unspecified atom stereocenters. The van der Waals surface area contributed by atoms with E-state index in [2.05, 4.69) is 24.5 Å². The molecular formula is C26H35FN4O3. The standard InChI is InChI=1S/C26H35FN4O3/c1-24-9-16-10-25(2,13-24)15-26(11-16,14-24)30-23(34)29-20-6-5-17(8-19(20)27)22(33)31-7-3-4-18(12-31)21(28)32/h5-6,8,16,18H,3-4,7,9-15H2,1-2H3,(H2,28,32)(H2,29,30,34)/t16?,18?,24-,25-,26?/m0/s1. The number of halogens is 1. The molecule has 184 valence electrons. The number of piperidine rings is 1. The highest BCUT2D eigenvalue weighted by atomic mass is 19.1. The minimum absolute atomic E-state index is 0.0462. The molecule has 1 saturated heterocycles. The van der Waals surface area contributed by atoms with Gasteiger partial charge in [-0.2, -0.15) is 0 Å². The summed E-state index contributed by atoms with van der Waals surface area (Å²) in [5.74, 6) is -1.15. The summed E-state index contributed by atoms with van der Waals surface area (Å²) in [5.41, 5.74) is 5.92. The quantitative estimate of drug-likeness (QED) is 0.619. The van der Waals surface area contributed by atoms with Crippen molar-refractivity contribution in [2.45, 2.75) is 70.8 Å². The molecule has 1 heterocycles. The Morgan fingerprint density at radius 2 is 1.79 bits per heavy atom. The van der Waals surface area contributed by atoms with E-state index in [1.807, 2.05) is 0 Å². The van der Waals surface area contributed by atoms with E-state index in [9.17, 15) is 18.8 Å². The predicted molar refractivity (Wildman–Crippen MR) is 127 cm³/mol. The van der Waals surface area contributed by atoms with E-state index in [1.54, 1.807) is 4.90 Å². The van der Waals surface area contributed by atoms with Crippen LogP contribution in [0.2, 0.25) is 0 Å². The Morgan fingerprint density at radius 3 is 2.41 bits per heavy atom. The molecular weight excluding hydrogens is 435 g/mol. The van der Waals surface area contributed by atoms with Gasteiger partial charge in [0.15, 0.2) is 0 Å². The third-order valence-electron chi connectivity index (χ3n) is 8.58. The Bertz CT molecular complexity index is 1020. The van der Waals surface area contributed by atoms with Crippen molar-refractivity contribution < 1.29 is 18.8 Å². The van der Waals surface area contributed by atoms with Crippen molar-refractivity contribution in [3.05, 3.63) is 29.6 Å². The lowest BCUT2D eigenvalue weighted by atomic mass is 9.43. The second-order valence-corrected chi connectivity index (χ2v) is 12.2. The molecule has 5 fully saturated rings. The average Bonchev–Trinajstić information content (AvgIpc) is 2.71. The molecule has 0 spiro atoms. The number of nitrogens with one attached hydrogen (secondary N) is 2. The summed E-state index contributed by atoms with van der Waals surface area (Å²) >= 11 is 0. The summed E-state index contributed by atoms with van der Waals surface area (Å²) < 4.78 is 14.9. The van der Waals surface area contributed by atoms with Crippen LogP contribution in [0.3, 0.4) is 0 Å². The van der Waals surface area contributed by atoms with Crippen LogP contribution in [0, 0.1) is 28.5 Å². The maximum Gasteiger partial charge on any atom is 0.319 e.